The highest BCUT2D eigenvalue weighted by Crippen LogP contribution is 2.39. The maximum Gasteiger partial charge on any atom is 0.123 e. The highest BCUT2D eigenvalue weighted by atomic mass is 16.5. The van der Waals surface area contributed by atoms with Crippen molar-refractivity contribution in [3.05, 3.63) is 72.1 Å². The number of ether oxygens (including phenoxy) is 2. The summed E-state index contributed by atoms with van der Waals surface area (Å²) in [6.07, 6.45) is 6.38. The number of hydrogen-bond acceptors (Lipinski definition) is 4. The van der Waals surface area contributed by atoms with Crippen LogP contribution >= 0.6 is 0 Å². The number of nitrogens with zero attached hydrogens (tertiary/aromatic N) is 3. The number of rotatable bonds is 6. The minimum atomic E-state index is 0.329. The van der Waals surface area contributed by atoms with Crippen molar-refractivity contribution in [3.63, 3.8) is 0 Å². The smallest absolute Gasteiger partial charge is 0.123 e. The molecule has 27 heavy (non-hydrogen) atoms. The molecule has 0 spiro atoms. The van der Waals surface area contributed by atoms with Gasteiger partial charge in [-0.25, -0.2) is 4.68 Å². The Bertz CT molecular complexity index is 892. The highest BCUT2D eigenvalue weighted by Gasteiger charge is 2.29. The van der Waals surface area contributed by atoms with Gasteiger partial charge in [0.2, 0.25) is 0 Å². The highest BCUT2D eigenvalue weighted by molar-refractivity contribution is 5.42. The number of likely N-dealkylation sites (tertiary alicyclic amines) is 1. The van der Waals surface area contributed by atoms with E-state index in [0.717, 1.165) is 36.7 Å². The monoisotopic (exact) mass is 363 g/mol. The molecule has 1 unspecified atom stereocenters. The van der Waals surface area contributed by atoms with Gasteiger partial charge in [-0.05, 0) is 49.7 Å². The molecular weight excluding hydrogens is 338 g/mol. The largest absolute Gasteiger partial charge is 0.497 e. The van der Waals surface area contributed by atoms with E-state index < -0.39 is 0 Å². The molecule has 1 atom stereocenters. The van der Waals surface area contributed by atoms with Gasteiger partial charge in [0.1, 0.15) is 11.5 Å². The minimum Gasteiger partial charge on any atom is -0.497 e. The Morgan fingerprint density at radius 1 is 1.07 bits per heavy atom. The van der Waals surface area contributed by atoms with E-state index in [9.17, 15) is 0 Å². The van der Waals surface area contributed by atoms with Crippen LogP contribution in [0.4, 0.5) is 0 Å². The second-order valence-corrected chi connectivity index (χ2v) is 6.87. The van der Waals surface area contributed by atoms with E-state index in [0.29, 0.717) is 6.04 Å². The van der Waals surface area contributed by atoms with E-state index >= 15 is 0 Å². The van der Waals surface area contributed by atoms with Crippen LogP contribution < -0.4 is 9.47 Å². The lowest BCUT2D eigenvalue weighted by molar-refractivity contribution is 0.242. The number of para-hydroxylation sites is 1. The molecule has 2 heterocycles. The zero-order valence-electron chi connectivity index (χ0n) is 15.8. The summed E-state index contributed by atoms with van der Waals surface area (Å²) in [6, 6.07) is 16.6. The quantitative estimate of drug-likeness (QED) is 0.657. The maximum atomic E-state index is 5.62. The fraction of sp³-hybridized carbons (Fsp3) is 0.318. The summed E-state index contributed by atoms with van der Waals surface area (Å²) in [7, 11) is 3.43. The lowest BCUT2D eigenvalue weighted by atomic mass is 10.0. The molecule has 3 aromatic rings. The van der Waals surface area contributed by atoms with Crippen LogP contribution in [0.15, 0.2) is 60.9 Å². The van der Waals surface area contributed by atoms with Crippen LogP contribution in [0.2, 0.25) is 0 Å². The molecule has 0 amide bonds. The van der Waals surface area contributed by atoms with Crippen molar-refractivity contribution >= 4 is 0 Å². The molecule has 2 aromatic carbocycles. The van der Waals surface area contributed by atoms with Crippen molar-refractivity contribution in [2.45, 2.75) is 25.4 Å². The SMILES string of the molecule is COc1ccc(OC)c(C2CCCN2Cc2cnn(-c3ccccc3)c2)c1. The second kappa shape index (κ2) is 7.84. The Morgan fingerprint density at radius 2 is 1.93 bits per heavy atom. The van der Waals surface area contributed by atoms with Crippen molar-refractivity contribution < 1.29 is 9.47 Å². The van der Waals surface area contributed by atoms with Gasteiger partial charge in [0.25, 0.3) is 0 Å². The van der Waals surface area contributed by atoms with E-state index in [-0.39, 0.29) is 0 Å². The first-order chi connectivity index (χ1) is 13.3. The number of aromatic nitrogens is 2. The fourth-order valence-electron chi connectivity index (χ4n) is 3.87. The van der Waals surface area contributed by atoms with Gasteiger partial charge < -0.3 is 9.47 Å². The summed E-state index contributed by atoms with van der Waals surface area (Å²) < 4.78 is 13.0. The van der Waals surface area contributed by atoms with Crippen molar-refractivity contribution in [2.24, 2.45) is 0 Å². The predicted molar refractivity (Wildman–Crippen MR) is 105 cm³/mol. The molecule has 0 radical (unpaired) electrons. The van der Waals surface area contributed by atoms with Crippen LogP contribution in [-0.2, 0) is 6.54 Å². The number of benzene rings is 2. The van der Waals surface area contributed by atoms with Crippen molar-refractivity contribution in [2.75, 3.05) is 20.8 Å². The van der Waals surface area contributed by atoms with Gasteiger partial charge in [-0.3, -0.25) is 4.90 Å². The third-order valence-corrected chi connectivity index (χ3v) is 5.20. The molecule has 0 saturated carbocycles. The topological polar surface area (TPSA) is 39.5 Å². The van der Waals surface area contributed by atoms with Crippen molar-refractivity contribution in [1.29, 1.82) is 0 Å². The van der Waals surface area contributed by atoms with Crippen LogP contribution in [0.5, 0.6) is 11.5 Å². The van der Waals surface area contributed by atoms with Gasteiger partial charge in [0.15, 0.2) is 0 Å². The van der Waals surface area contributed by atoms with Gasteiger partial charge in [0, 0.05) is 29.9 Å². The summed E-state index contributed by atoms with van der Waals surface area (Å²) >= 11 is 0. The molecule has 1 aromatic heterocycles. The van der Waals surface area contributed by atoms with Gasteiger partial charge in [-0.15, -0.1) is 0 Å². The molecule has 5 nitrogen and oxygen atoms in total. The van der Waals surface area contributed by atoms with Crippen LogP contribution in [0, 0.1) is 0 Å². The molecule has 1 aliphatic heterocycles. The van der Waals surface area contributed by atoms with Crippen LogP contribution in [-0.4, -0.2) is 35.4 Å². The standard InChI is InChI=1S/C22H25N3O2/c1-26-19-10-11-22(27-2)20(13-19)21-9-6-12-24(21)15-17-14-23-25(16-17)18-7-4-3-5-8-18/h3-5,7-8,10-11,13-14,16,21H,6,9,12,15H2,1-2H3. The summed E-state index contributed by atoms with van der Waals surface area (Å²) in [5.41, 5.74) is 3.49. The zero-order valence-corrected chi connectivity index (χ0v) is 15.8. The summed E-state index contributed by atoms with van der Waals surface area (Å²) in [5.74, 6) is 1.79. The van der Waals surface area contributed by atoms with Crippen LogP contribution in [0.25, 0.3) is 5.69 Å². The van der Waals surface area contributed by atoms with Crippen LogP contribution in [0.3, 0.4) is 0 Å². The molecule has 5 heteroatoms. The average Bonchev–Trinajstić information content (AvgIpc) is 3.38. The molecule has 0 bridgehead atoms. The van der Waals surface area contributed by atoms with Gasteiger partial charge in [-0.2, -0.15) is 5.10 Å². The molecule has 1 aliphatic rings. The maximum absolute atomic E-state index is 5.62. The molecule has 140 valence electrons. The first kappa shape index (κ1) is 17.6. The predicted octanol–water partition coefficient (Wildman–Crippen LogP) is 4.23. The first-order valence-electron chi connectivity index (χ1n) is 9.33. The molecular formula is C22H25N3O2. The Hall–Kier alpha value is -2.79. The zero-order chi connectivity index (χ0) is 18.6. The number of hydrogen-bond donors (Lipinski definition) is 0. The third-order valence-electron chi connectivity index (χ3n) is 5.20. The average molecular weight is 363 g/mol. The fourth-order valence-corrected chi connectivity index (χ4v) is 3.87. The van der Waals surface area contributed by atoms with E-state index in [2.05, 4.69) is 34.4 Å². The minimum absolute atomic E-state index is 0.329. The number of methoxy groups -OCH3 is 2. The first-order valence-corrected chi connectivity index (χ1v) is 9.33. The normalized spacial score (nSPS) is 17.2. The van der Waals surface area contributed by atoms with Crippen molar-refractivity contribution in [1.82, 2.24) is 14.7 Å². The van der Waals surface area contributed by atoms with E-state index in [1.807, 2.05) is 41.2 Å². The Labute approximate surface area is 160 Å². The lowest BCUT2D eigenvalue weighted by Crippen LogP contribution is -2.23. The second-order valence-electron chi connectivity index (χ2n) is 6.87. The molecule has 0 aliphatic carbocycles. The van der Waals surface area contributed by atoms with Gasteiger partial charge in [0.05, 0.1) is 26.1 Å². The Balaban J connectivity index is 1.55. The molecule has 0 N–H and O–H groups in total. The summed E-state index contributed by atoms with van der Waals surface area (Å²) in [6.45, 7) is 1.94. The summed E-state index contributed by atoms with van der Waals surface area (Å²) in [5, 5.41) is 4.53. The van der Waals surface area contributed by atoms with Crippen LogP contribution in [0.1, 0.15) is 30.0 Å². The molecule has 1 fully saturated rings. The van der Waals surface area contributed by atoms with E-state index in [1.54, 1.807) is 14.2 Å². The lowest BCUT2D eigenvalue weighted by Gasteiger charge is -2.26. The summed E-state index contributed by atoms with van der Waals surface area (Å²) in [4.78, 5) is 2.50. The Kier molecular flexibility index (Phi) is 5.12. The Morgan fingerprint density at radius 3 is 2.70 bits per heavy atom. The van der Waals surface area contributed by atoms with Gasteiger partial charge in [-0.1, -0.05) is 18.2 Å². The molecule has 1 saturated heterocycles. The molecule has 4 rings (SSSR count). The van der Waals surface area contributed by atoms with Gasteiger partial charge >= 0.3 is 0 Å². The van der Waals surface area contributed by atoms with Crippen molar-refractivity contribution in [3.8, 4) is 17.2 Å². The third kappa shape index (κ3) is 3.69. The van der Waals surface area contributed by atoms with E-state index in [4.69, 9.17) is 9.47 Å². The van der Waals surface area contributed by atoms with E-state index in [1.165, 1.54) is 17.5 Å².